The highest BCUT2D eigenvalue weighted by Gasteiger charge is 1.81. The fraction of sp³-hybridized carbons (Fsp3) is 0.143. The highest BCUT2D eigenvalue weighted by molar-refractivity contribution is 5.12. The van der Waals surface area contributed by atoms with Crippen LogP contribution in [0, 0.1) is 0 Å². The van der Waals surface area contributed by atoms with Gasteiger partial charge in [0.2, 0.25) is 0 Å². The van der Waals surface area contributed by atoms with Gasteiger partial charge in [-0.15, -0.1) is 0 Å². The molecule has 58 valence electrons. The highest BCUT2D eigenvalue weighted by atomic mass is 16.3. The lowest BCUT2D eigenvalue weighted by Gasteiger charge is -1.89. The smallest absolute Gasteiger partial charge is 0.0681 e. The van der Waals surface area contributed by atoms with Gasteiger partial charge < -0.3 is 16.7 Å². The second kappa shape index (κ2) is 6.22. The second-order valence-corrected chi connectivity index (χ2v) is 1.64. The largest absolute Gasteiger partial charge is 0.870 e. The summed E-state index contributed by atoms with van der Waals surface area (Å²) < 4.78 is 0. The van der Waals surface area contributed by atoms with Crippen molar-refractivity contribution in [3.63, 3.8) is 0 Å². The van der Waals surface area contributed by atoms with Crippen LogP contribution in [0.5, 0.6) is 0 Å². The van der Waals surface area contributed by atoms with Crippen LogP contribution in [-0.2, 0) is 6.61 Å². The van der Waals surface area contributed by atoms with Crippen molar-refractivity contribution in [2.24, 2.45) is 0 Å². The van der Waals surface area contributed by atoms with Crippen molar-refractivity contribution >= 4 is 0 Å². The van der Waals surface area contributed by atoms with Crippen molar-refractivity contribution in [2.45, 2.75) is 6.61 Å². The highest BCUT2D eigenvalue weighted by Crippen LogP contribution is 1.95. The van der Waals surface area contributed by atoms with E-state index in [2.05, 4.69) is 0 Å². The van der Waals surface area contributed by atoms with Crippen LogP contribution in [0.4, 0.5) is 0 Å². The summed E-state index contributed by atoms with van der Waals surface area (Å²) >= 11 is 0. The Balaban J connectivity index is 0. The minimum absolute atomic E-state index is 0. The Morgan fingerprint density at radius 2 is 1.60 bits per heavy atom. The first kappa shape index (κ1) is 11.8. The van der Waals surface area contributed by atoms with Gasteiger partial charge in [0.1, 0.15) is 0 Å². The van der Waals surface area contributed by atoms with E-state index in [9.17, 15) is 0 Å². The van der Waals surface area contributed by atoms with Crippen LogP contribution in [0.1, 0.15) is 5.56 Å². The molecule has 1 aromatic carbocycles. The molecule has 0 spiro atoms. The van der Waals surface area contributed by atoms with Gasteiger partial charge in [-0.05, 0) is 5.56 Å². The van der Waals surface area contributed by atoms with E-state index >= 15 is 0 Å². The number of aliphatic hydroxyl groups is 1. The molecule has 0 aliphatic rings. The standard InChI is InChI=1S/C7H8O.H3N.H2O/c8-6-7-4-2-1-3-5-7;;/h1-5,8H,6H2;1H3;1H2. The summed E-state index contributed by atoms with van der Waals surface area (Å²) in [5.41, 5.74) is 0.965. The summed E-state index contributed by atoms with van der Waals surface area (Å²) in [6.07, 6.45) is 0. The zero-order valence-electron chi connectivity index (χ0n) is 5.99. The second-order valence-electron chi connectivity index (χ2n) is 1.64. The third kappa shape index (κ3) is 3.19. The number of benzene rings is 1. The molecule has 0 heterocycles. The van der Waals surface area contributed by atoms with Gasteiger partial charge in [0.15, 0.2) is 0 Å². The van der Waals surface area contributed by atoms with Crippen molar-refractivity contribution in [2.75, 3.05) is 0 Å². The Labute approximate surface area is 60.2 Å². The molecule has 0 unspecified atom stereocenters. The van der Waals surface area contributed by atoms with Crippen molar-refractivity contribution in [3.05, 3.63) is 35.9 Å². The van der Waals surface area contributed by atoms with E-state index in [1.807, 2.05) is 30.3 Å². The van der Waals surface area contributed by atoms with Crippen LogP contribution in [0.3, 0.4) is 0 Å². The number of aliphatic hydroxyl groups excluding tert-OH is 1. The molecule has 0 bridgehead atoms. The first-order valence-electron chi connectivity index (χ1n) is 2.58. The van der Waals surface area contributed by atoms with E-state index in [0.717, 1.165) is 5.56 Å². The first-order chi connectivity index (χ1) is 3.93. The molecular weight excluding hydrogens is 130 g/mol. The molecule has 0 amide bonds. The monoisotopic (exact) mass is 143 g/mol. The fourth-order valence-electron chi connectivity index (χ4n) is 0.583. The van der Waals surface area contributed by atoms with Crippen LogP contribution in [0.25, 0.3) is 0 Å². The number of hydrogen-bond donors (Lipinski definition) is 2. The van der Waals surface area contributed by atoms with Gasteiger partial charge in [-0.2, -0.15) is 0 Å². The lowest BCUT2D eigenvalue weighted by molar-refractivity contribution is 0.282. The summed E-state index contributed by atoms with van der Waals surface area (Å²) in [5, 5.41) is 8.54. The lowest BCUT2D eigenvalue weighted by Crippen LogP contribution is -1.77. The van der Waals surface area contributed by atoms with Crippen molar-refractivity contribution < 1.29 is 10.6 Å². The SMILES string of the molecule is OCc1ccccc1.[NH4+].[OH-]. The molecule has 0 saturated carbocycles. The summed E-state index contributed by atoms with van der Waals surface area (Å²) in [6, 6.07) is 9.52. The van der Waals surface area contributed by atoms with Gasteiger partial charge in [-0.3, -0.25) is 0 Å². The molecule has 0 aliphatic carbocycles. The molecule has 3 nitrogen and oxygen atoms in total. The van der Waals surface area contributed by atoms with Gasteiger partial charge in [-0.25, -0.2) is 0 Å². The van der Waals surface area contributed by atoms with Crippen LogP contribution in [0.2, 0.25) is 0 Å². The van der Waals surface area contributed by atoms with Crippen LogP contribution < -0.4 is 6.15 Å². The molecular formula is C7H13NO2. The van der Waals surface area contributed by atoms with E-state index < -0.39 is 0 Å². The van der Waals surface area contributed by atoms with E-state index in [-0.39, 0.29) is 18.2 Å². The summed E-state index contributed by atoms with van der Waals surface area (Å²) in [6.45, 7) is 0.140. The average Bonchev–Trinajstić information content (AvgIpc) is 1.90. The number of rotatable bonds is 1. The molecule has 0 aromatic heterocycles. The van der Waals surface area contributed by atoms with Crippen LogP contribution in [0.15, 0.2) is 30.3 Å². The maximum absolute atomic E-state index is 8.54. The van der Waals surface area contributed by atoms with E-state index in [4.69, 9.17) is 5.11 Å². The zero-order chi connectivity index (χ0) is 5.82. The summed E-state index contributed by atoms with van der Waals surface area (Å²) in [5.74, 6) is 0. The zero-order valence-corrected chi connectivity index (χ0v) is 5.99. The molecule has 0 saturated heterocycles. The average molecular weight is 143 g/mol. The van der Waals surface area contributed by atoms with Gasteiger partial charge in [0.25, 0.3) is 0 Å². The third-order valence-electron chi connectivity index (χ3n) is 1.03. The molecule has 1 rings (SSSR count). The van der Waals surface area contributed by atoms with Gasteiger partial charge in [-0.1, -0.05) is 30.3 Å². The maximum atomic E-state index is 8.54. The molecule has 6 N–H and O–H groups in total. The Bertz CT molecular complexity index is 153. The van der Waals surface area contributed by atoms with Gasteiger partial charge in [0, 0.05) is 0 Å². The van der Waals surface area contributed by atoms with E-state index in [0.29, 0.717) is 0 Å². The predicted molar refractivity (Wildman–Crippen MR) is 40.3 cm³/mol. The molecule has 0 radical (unpaired) electrons. The predicted octanol–water partition coefficient (Wildman–Crippen LogP) is 1.38. The van der Waals surface area contributed by atoms with Gasteiger partial charge >= 0.3 is 0 Å². The Morgan fingerprint density at radius 1 is 1.10 bits per heavy atom. The number of quaternary nitrogens is 1. The third-order valence-corrected chi connectivity index (χ3v) is 1.03. The topological polar surface area (TPSA) is 86.7 Å². The van der Waals surface area contributed by atoms with Crippen molar-refractivity contribution in [1.29, 1.82) is 0 Å². The van der Waals surface area contributed by atoms with Crippen LogP contribution in [-0.4, -0.2) is 10.6 Å². The first-order valence-corrected chi connectivity index (χ1v) is 2.58. The van der Waals surface area contributed by atoms with E-state index in [1.54, 1.807) is 0 Å². The van der Waals surface area contributed by atoms with Crippen molar-refractivity contribution in [1.82, 2.24) is 6.15 Å². The normalized spacial score (nSPS) is 7.30. The van der Waals surface area contributed by atoms with Crippen molar-refractivity contribution in [3.8, 4) is 0 Å². The maximum Gasteiger partial charge on any atom is 0.0681 e. The summed E-state index contributed by atoms with van der Waals surface area (Å²) in [4.78, 5) is 0. The lowest BCUT2D eigenvalue weighted by atomic mass is 10.2. The van der Waals surface area contributed by atoms with Gasteiger partial charge in [0.05, 0.1) is 6.61 Å². The summed E-state index contributed by atoms with van der Waals surface area (Å²) in [7, 11) is 0. The Morgan fingerprint density at radius 3 is 1.90 bits per heavy atom. The molecule has 1 aromatic rings. The Kier molecular flexibility index (Phi) is 7.37. The molecule has 0 aliphatic heterocycles. The molecule has 10 heavy (non-hydrogen) atoms. The minimum atomic E-state index is 0. The fourth-order valence-corrected chi connectivity index (χ4v) is 0.583. The number of hydrogen-bond acceptors (Lipinski definition) is 2. The minimum Gasteiger partial charge on any atom is -0.870 e. The quantitative estimate of drug-likeness (QED) is 0.622. The molecule has 0 atom stereocenters. The van der Waals surface area contributed by atoms with E-state index in [1.165, 1.54) is 0 Å². The Hall–Kier alpha value is -0.900. The molecule has 0 fully saturated rings. The molecule has 3 heteroatoms. The van der Waals surface area contributed by atoms with Crippen LogP contribution >= 0.6 is 0 Å².